The topological polar surface area (TPSA) is 66.6 Å². The van der Waals surface area contributed by atoms with Crippen LogP contribution < -0.4 is 4.90 Å². The van der Waals surface area contributed by atoms with Crippen molar-refractivity contribution in [2.75, 3.05) is 30.5 Å². The van der Waals surface area contributed by atoms with Crippen molar-refractivity contribution in [3.8, 4) is 0 Å². The molecule has 1 N–H and O–H groups in total. The normalized spacial score (nSPS) is 10.1. The predicted molar refractivity (Wildman–Crippen MR) is 55.1 cm³/mol. The van der Waals surface area contributed by atoms with Gasteiger partial charge in [0.05, 0.1) is 0 Å². The highest BCUT2D eigenvalue weighted by atomic mass is 32.2. The maximum Gasteiger partial charge on any atom is 0.357 e. The van der Waals surface area contributed by atoms with Crippen molar-refractivity contribution in [3.05, 3.63) is 12.0 Å². The third kappa shape index (κ3) is 2.66. The lowest BCUT2D eigenvalue weighted by Gasteiger charge is -2.12. The first-order chi connectivity index (χ1) is 6.65. The van der Waals surface area contributed by atoms with E-state index in [4.69, 9.17) is 9.52 Å². The van der Waals surface area contributed by atoms with Crippen molar-refractivity contribution in [3.63, 3.8) is 0 Å². The van der Waals surface area contributed by atoms with Gasteiger partial charge in [-0.25, -0.2) is 4.79 Å². The highest BCUT2D eigenvalue weighted by molar-refractivity contribution is 7.98. The molecule has 0 spiro atoms. The molecule has 0 aromatic carbocycles. The van der Waals surface area contributed by atoms with Crippen molar-refractivity contribution in [1.29, 1.82) is 0 Å². The van der Waals surface area contributed by atoms with Crippen LogP contribution in [-0.2, 0) is 0 Å². The van der Waals surface area contributed by atoms with Crippen LogP contribution in [0.4, 0.5) is 6.01 Å². The summed E-state index contributed by atoms with van der Waals surface area (Å²) in [5.74, 6) is -0.125. The molecule has 6 heteroatoms. The fourth-order valence-corrected chi connectivity index (χ4v) is 1.32. The van der Waals surface area contributed by atoms with Gasteiger partial charge in [0.2, 0.25) is 0 Å². The van der Waals surface area contributed by atoms with Crippen LogP contribution in [0, 0.1) is 0 Å². The van der Waals surface area contributed by atoms with E-state index in [-0.39, 0.29) is 5.69 Å². The number of thioether (sulfide) groups is 1. The third-order valence-electron chi connectivity index (χ3n) is 1.67. The summed E-state index contributed by atoms with van der Waals surface area (Å²) in [6.07, 6.45) is 3.15. The van der Waals surface area contributed by atoms with Gasteiger partial charge in [0.25, 0.3) is 6.01 Å². The highest BCUT2D eigenvalue weighted by Gasteiger charge is 2.12. The Morgan fingerprint density at radius 1 is 1.79 bits per heavy atom. The number of carboxylic acids is 1. The molecule has 0 saturated carbocycles. The number of aromatic nitrogens is 1. The maximum atomic E-state index is 10.5. The van der Waals surface area contributed by atoms with Crippen LogP contribution in [0.5, 0.6) is 0 Å². The van der Waals surface area contributed by atoms with Gasteiger partial charge in [0.15, 0.2) is 5.69 Å². The first-order valence-electron chi connectivity index (χ1n) is 4.04. The number of rotatable bonds is 5. The van der Waals surface area contributed by atoms with Crippen molar-refractivity contribution >= 4 is 23.7 Å². The van der Waals surface area contributed by atoms with E-state index >= 15 is 0 Å². The van der Waals surface area contributed by atoms with E-state index in [1.807, 2.05) is 13.3 Å². The quantitative estimate of drug-likeness (QED) is 0.797. The van der Waals surface area contributed by atoms with E-state index in [2.05, 4.69) is 4.98 Å². The summed E-state index contributed by atoms with van der Waals surface area (Å²) in [7, 11) is 1.81. The van der Waals surface area contributed by atoms with Gasteiger partial charge in [0.1, 0.15) is 6.26 Å². The summed E-state index contributed by atoms with van der Waals surface area (Å²) >= 11 is 1.71. The highest BCUT2D eigenvalue weighted by Crippen LogP contribution is 2.12. The number of carboxylic acid groups (broad SMARTS) is 1. The third-order valence-corrected chi connectivity index (χ3v) is 2.26. The lowest BCUT2D eigenvalue weighted by Crippen LogP contribution is -2.20. The molecular formula is C8H12N2O3S. The lowest BCUT2D eigenvalue weighted by atomic mass is 10.5. The lowest BCUT2D eigenvalue weighted by molar-refractivity contribution is 0.0690. The minimum absolute atomic E-state index is 0.0593. The number of hydrogen-bond donors (Lipinski definition) is 1. The molecule has 14 heavy (non-hydrogen) atoms. The average Bonchev–Trinajstić information content (AvgIpc) is 2.62. The Labute approximate surface area is 86.1 Å². The molecule has 0 fully saturated rings. The number of hydrogen-bond acceptors (Lipinski definition) is 5. The van der Waals surface area contributed by atoms with Gasteiger partial charge >= 0.3 is 5.97 Å². The minimum Gasteiger partial charge on any atom is -0.476 e. The average molecular weight is 216 g/mol. The summed E-state index contributed by atoms with van der Waals surface area (Å²) < 4.78 is 5.01. The fraction of sp³-hybridized carbons (Fsp3) is 0.500. The summed E-state index contributed by atoms with van der Waals surface area (Å²) in [6.45, 7) is 0.779. The van der Waals surface area contributed by atoms with Crippen LogP contribution in [0.2, 0.25) is 0 Å². The number of carbonyl (C=O) groups is 1. The second-order valence-corrected chi connectivity index (χ2v) is 3.72. The molecule has 0 aliphatic heterocycles. The van der Waals surface area contributed by atoms with Crippen LogP contribution in [0.1, 0.15) is 10.5 Å². The summed E-state index contributed by atoms with van der Waals surface area (Å²) in [5.41, 5.74) is -0.0593. The summed E-state index contributed by atoms with van der Waals surface area (Å²) in [6, 6.07) is 0.344. The van der Waals surface area contributed by atoms with Gasteiger partial charge in [0, 0.05) is 19.3 Å². The van der Waals surface area contributed by atoms with Gasteiger partial charge in [-0.2, -0.15) is 16.7 Å². The molecule has 1 rings (SSSR count). The Balaban J connectivity index is 2.61. The molecule has 0 atom stereocenters. The molecule has 0 aliphatic rings. The monoisotopic (exact) mass is 216 g/mol. The zero-order chi connectivity index (χ0) is 10.6. The van der Waals surface area contributed by atoms with Gasteiger partial charge in [-0.1, -0.05) is 0 Å². The van der Waals surface area contributed by atoms with Gasteiger partial charge < -0.3 is 14.4 Å². The Kier molecular flexibility index (Phi) is 3.82. The molecule has 0 aliphatic carbocycles. The van der Waals surface area contributed by atoms with Crippen molar-refractivity contribution in [2.24, 2.45) is 0 Å². The zero-order valence-electron chi connectivity index (χ0n) is 8.06. The zero-order valence-corrected chi connectivity index (χ0v) is 8.87. The smallest absolute Gasteiger partial charge is 0.357 e. The Morgan fingerprint density at radius 2 is 2.50 bits per heavy atom. The largest absolute Gasteiger partial charge is 0.476 e. The van der Waals surface area contributed by atoms with Crippen LogP contribution in [0.15, 0.2) is 10.7 Å². The SMILES string of the molecule is CSCCN(C)c1nc(C(=O)O)co1. The van der Waals surface area contributed by atoms with E-state index in [9.17, 15) is 4.79 Å². The number of anilines is 1. The Hall–Kier alpha value is -1.17. The molecular weight excluding hydrogens is 204 g/mol. The molecule has 0 saturated heterocycles. The Morgan fingerprint density at radius 3 is 3.00 bits per heavy atom. The van der Waals surface area contributed by atoms with Crippen molar-refractivity contribution < 1.29 is 14.3 Å². The number of nitrogens with zero attached hydrogens (tertiary/aromatic N) is 2. The molecule has 1 heterocycles. The molecule has 1 aromatic rings. The minimum atomic E-state index is -1.07. The molecule has 5 nitrogen and oxygen atoms in total. The maximum absolute atomic E-state index is 10.5. The van der Waals surface area contributed by atoms with Crippen molar-refractivity contribution in [1.82, 2.24) is 4.98 Å². The van der Waals surface area contributed by atoms with E-state index in [0.717, 1.165) is 18.6 Å². The molecule has 0 radical (unpaired) electrons. The second kappa shape index (κ2) is 4.90. The van der Waals surface area contributed by atoms with Crippen LogP contribution in [-0.4, -0.2) is 41.7 Å². The molecule has 0 amide bonds. The summed E-state index contributed by atoms with van der Waals surface area (Å²) in [5, 5.41) is 8.61. The first-order valence-corrected chi connectivity index (χ1v) is 5.43. The molecule has 0 unspecified atom stereocenters. The van der Waals surface area contributed by atoms with Crippen LogP contribution in [0.25, 0.3) is 0 Å². The molecule has 1 aromatic heterocycles. The van der Waals surface area contributed by atoms with E-state index in [1.165, 1.54) is 0 Å². The number of oxazole rings is 1. The molecule has 78 valence electrons. The van der Waals surface area contributed by atoms with E-state index < -0.39 is 5.97 Å². The van der Waals surface area contributed by atoms with Gasteiger partial charge in [-0.15, -0.1) is 0 Å². The predicted octanol–water partition coefficient (Wildman–Crippen LogP) is 1.17. The fourth-order valence-electron chi connectivity index (χ4n) is 0.862. The van der Waals surface area contributed by atoms with Gasteiger partial charge in [-0.05, 0) is 6.26 Å². The van der Waals surface area contributed by atoms with E-state index in [0.29, 0.717) is 6.01 Å². The van der Waals surface area contributed by atoms with Crippen molar-refractivity contribution in [2.45, 2.75) is 0 Å². The van der Waals surface area contributed by atoms with Crippen LogP contribution >= 0.6 is 11.8 Å². The van der Waals surface area contributed by atoms with Gasteiger partial charge in [-0.3, -0.25) is 0 Å². The molecule has 0 bridgehead atoms. The first kappa shape index (κ1) is 10.9. The Bertz CT molecular complexity index is 313. The van der Waals surface area contributed by atoms with Crippen LogP contribution in [0.3, 0.4) is 0 Å². The van der Waals surface area contributed by atoms with E-state index in [1.54, 1.807) is 16.7 Å². The number of aromatic carboxylic acids is 1. The summed E-state index contributed by atoms with van der Waals surface area (Å²) in [4.78, 5) is 16.1. The second-order valence-electron chi connectivity index (χ2n) is 2.73. The standard InChI is InChI=1S/C8H12N2O3S/c1-10(3-4-14-2)8-9-6(5-13-8)7(11)12/h5H,3-4H2,1-2H3,(H,11,12).